The fourth-order valence-corrected chi connectivity index (χ4v) is 2.72. The van der Waals surface area contributed by atoms with E-state index in [4.69, 9.17) is 0 Å². The molecule has 0 aromatic heterocycles. The fraction of sp³-hybridized carbons (Fsp3) is 0.353. The predicted molar refractivity (Wildman–Crippen MR) is 89.0 cm³/mol. The topological polar surface area (TPSA) is 32.3 Å². The Balaban J connectivity index is 0.00000161. The monoisotopic (exact) mass is 304 g/mol. The molecule has 4 heteroatoms. The Morgan fingerprint density at radius 3 is 2.52 bits per heavy atom. The maximum Gasteiger partial charge on any atom is 0.222 e. The SMILES string of the molecule is Cl.O=C(CCc1ccc2ccccc2c1)N1CCNCC1. The molecule has 0 aliphatic carbocycles. The van der Waals surface area contributed by atoms with Crippen LogP contribution in [0.3, 0.4) is 0 Å². The number of piperazine rings is 1. The number of nitrogens with one attached hydrogen (secondary N) is 1. The lowest BCUT2D eigenvalue weighted by Gasteiger charge is -2.27. The first-order valence-corrected chi connectivity index (χ1v) is 7.29. The van der Waals surface area contributed by atoms with Crippen LogP contribution in [0.5, 0.6) is 0 Å². The van der Waals surface area contributed by atoms with Crippen LogP contribution >= 0.6 is 12.4 Å². The van der Waals surface area contributed by atoms with Gasteiger partial charge in [-0.1, -0.05) is 42.5 Å². The molecule has 112 valence electrons. The van der Waals surface area contributed by atoms with Crippen molar-refractivity contribution in [1.29, 1.82) is 0 Å². The first-order chi connectivity index (χ1) is 9.83. The molecule has 1 N–H and O–H groups in total. The molecular formula is C17H21ClN2O. The van der Waals surface area contributed by atoms with Crippen LogP contribution in [0.25, 0.3) is 10.8 Å². The predicted octanol–water partition coefficient (Wildman–Crippen LogP) is 2.63. The van der Waals surface area contributed by atoms with Gasteiger partial charge >= 0.3 is 0 Å². The molecule has 1 fully saturated rings. The second-order valence-electron chi connectivity index (χ2n) is 5.31. The van der Waals surface area contributed by atoms with Crippen LogP contribution in [0.4, 0.5) is 0 Å². The van der Waals surface area contributed by atoms with Gasteiger partial charge in [-0.3, -0.25) is 4.79 Å². The highest BCUT2D eigenvalue weighted by Gasteiger charge is 2.15. The minimum Gasteiger partial charge on any atom is -0.340 e. The molecule has 1 amide bonds. The molecule has 3 nitrogen and oxygen atoms in total. The van der Waals surface area contributed by atoms with Gasteiger partial charge in [-0.05, 0) is 22.8 Å². The number of rotatable bonds is 3. The Morgan fingerprint density at radius 2 is 1.76 bits per heavy atom. The molecule has 3 rings (SSSR count). The zero-order valence-corrected chi connectivity index (χ0v) is 12.9. The minimum atomic E-state index is 0. The summed E-state index contributed by atoms with van der Waals surface area (Å²) in [4.78, 5) is 14.1. The van der Waals surface area contributed by atoms with Crippen molar-refractivity contribution < 1.29 is 4.79 Å². The number of halogens is 1. The van der Waals surface area contributed by atoms with Crippen LogP contribution in [0, 0.1) is 0 Å². The van der Waals surface area contributed by atoms with Crippen molar-refractivity contribution in [1.82, 2.24) is 10.2 Å². The van der Waals surface area contributed by atoms with Crippen molar-refractivity contribution in [3.63, 3.8) is 0 Å². The van der Waals surface area contributed by atoms with Gasteiger partial charge in [0.05, 0.1) is 0 Å². The summed E-state index contributed by atoms with van der Waals surface area (Å²) in [5.74, 6) is 0.277. The Bertz CT molecular complexity index is 609. The van der Waals surface area contributed by atoms with Crippen molar-refractivity contribution in [2.75, 3.05) is 26.2 Å². The summed E-state index contributed by atoms with van der Waals surface area (Å²) in [7, 11) is 0. The molecule has 0 saturated carbocycles. The third-order valence-electron chi connectivity index (χ3n) is 3.91. The lowest BCUT2D eigenvalue weighted by Crippen LogP contribution is -2.46. The number of hydrogen-bond donors (Lipinski definition) is 1. The van der Waals surface area contributed by atoms with E-state index in [0.29, 0.717) is 6.42 Å². The van der Waals surface area contributed by atoms with Crippen LogP contribution in [0.2, 0.25) is 0 Å². The maximum absolute atomic E-state index is 12.1. The molecule has 0 radical (unpaired) electrons. The van der Waals surface area contributed by atoms with Crippen molar-refractivity contribution >= 4 is 29.1 Å². The lowest BCUT2D eigenvalue weighted by molar-refractivity contribution is -0.131. The van der Waals surface area contributed by atoms with E-state index >= 15 is 0 Å². The number of benzene rings is 2. The van der Waals surface area contributed by atoms with Gasteiger partial charge in [0.15, 0.2) is 0 Å². The molecule has 0 unspecified atom stereocenters. The average molecular weight is 305 g/mol. The fourth-order valence-electron chi connectivity index (χ4n) is 2.72. The number of fused-ring (bicyclic) bond motifs is 1. The summed E-state index contributed by atoms with van der Waals surface area (Å²) in [5, 5.41) is 5.77. The number of carbonyl (C=O) groups excluding carboxylic acids is 1. The molecule has 1 heterocycles. The average Bonchev–Trinajstić information content (AvgIpc) is 2.53. The molecule has 2 aromatic carbocycles. The first-order valence-electron chi connectivity index (χ1n) is 7.29. The van der Waals surface area contributed by atoms with E-state index in [1.165, 1.54) is 16.3 Å². The van der Waals surface area contributed by atoms with Gasteiger partial charge < -0.3 is 10.2 Å². The van der Waals surface area contributed by atoms with Gasteiger partial charge in [0.25, 0.3) is 0 Å². The number of amides is 1. The first kappa shape index (κ1) is 15.8. The van der Waals surface area contributed by atoms with E-state index in [2.05, 4.69) is 47.8 Å². The molecule has 1 saturated heterocycles. The van der Waals surface area contributed by atoms with Gasteiger partial charge in [0, 0.05) is 32.6 Å². The maximum atomic E-state index is 12.1. The van der Waals surface area contributed by atoms with E-state index in [0.717, 1.165) is 32.6 Å². The molecule has 1 aliphatic heterocycles. The highest BCUT2D eigenvalue weighted by molar-refractivity contribution is 5.85. The highest BCUT2D eigenvalue weighted by Crippen LogP contribution is 2.16. The molecule has 0 atom stereocenters. The summed E-state index contributed by atoms with van der Waals surface area (Å²) < 4.78 is 0. The number of carbonyl (C=O) groups is 1. The molecule has 1 aliphatic rings. The lowest BCUT2D eigenvalue weighted by atomic mass is 10.0. The molecule has 21 heavy (non-hydrogen) atoms. The van der Waals surface area contributed by atoms with Crippen molar-refractivity contribution in [3.8, 4) is 0 Å². The van der Waals surface area contributed by atoms with E-state index in [9.17, 15) is 4.79 Å². The van der Waals surface area contributed by atoms with Gasteiger partial charge in [0.2, 0.25) is 5.91 Å². The van der Waals surface area contributed by atoms with Crippen molar-refractivity contribution in [2.24, 2.45) is 0 Å². The summed E-state index contributed by atoms with van der Waals surface area (Å²) in [5.41, 5.74) is 1.24. The number of aryl methyl sites for hydroxylation is 1. The largest absolute Gasteiger partial charge is 0.340 e. The molecule has 2 aromatic rings. The van der Waals surface area contributed by atoms with Crippen molar-refractivity contribution in [3.05, 3.63) is 48.0 Å². The normalized spacial score (nSPS) is 14.8. The summed E-state index contributed by atoms with van der Waals surface area (Å²) in [6.07, 6.45) is 1.44. The second-order valence-corrected chi connectivity index (χ2v) is 5.31. The minimum absolute atomic E-state index is 0. The second kappa shape index (κ2) is 7.43. The standard InChI is InChI=1S/C17H20N2O.ClH/c20-17(19-11-9-18-10-12-19)8-6-14-5-7-15-3-1-2-4-16(15)13-14;/h1-5,7,13,18H,6,8-12H2;1H. The van der Waals surface area contributed by atoms with Gasteiger partial charge in [0.1, 0.15) is 0 Å². The summed E-state index contributed by atoms with van der Waals surface area (Å²) in [6.45, 7) is 3.52. The Kier molecular flexibility index (Phi) is 5.59. The van der Waals surface area contributed by atoms with Gasteiger partial charge in [-0.15, -0.1) is 12.4 Å². The van der Waals surface area contributed by atoms with Crippen LogP contribution in [0.15, 0.2) is 42.5 Å². The van der Waals surface area contributed by atoms with E-state index < -0.39 is 0 Å². The molecule has 0 bridgehead atoms. The molecule has 0 spiro atoms. The molecular weight excluding hydrogens is 284 g/mol. The van der Waals surface area contributed by atoms with E-state index in [1.807, 2.05) is 4.90 Å². The third-order valence-corrected chi connectivity index (χ3v) is 3.91. The van der Waals surface area contributed by atoms with Crippen LogP contribution < -0.4 is 5.32 Å². The summed E-state index contributed by atoms with van der Waals surface area (Å²) >= 11 is 0. The Morgan fingerprint density at radius 1 is 1.05 bits per heavy atom. The quantitative estimate of drug-likeness (QED) is 0.945. The van der Waals surface area contributed by atoms with Crippen LogP contribution in [0.1, 0.15) is 12.0 Å². The van der Waals surface area contributed by atoms with E-state index in [1.54, 1.807) is 0 Å². The van der Waals surface area contributed by atoms with Crippen LogP contribution in [-0.2, 0) is 11.2 Å². The zero-order valence-electron chi connectivity index (χ0n) is 12.0. The van der Waals surface area contributed by atoms with Gasteiger partial charge in [-0.2, -0.15) is 0 Å². The van der Waals surface area contributed by atoms with Gasteiger partial charge in [-0.25, -0.2) is 0 Å². The number of nitrogens with zero attached hydrogens (tertiary/aromatic N) is 1. The Hall–Kier alpha value is -1.58. The highest BCUT2D eigenvalue weighted by atomic mass is 35.5. The van der Waals surface area contributed by atoms with Crippen molar-refractivity contribution in [2.45, 2.75) is 12.8 Å². The summed E-state index contributed by atoms with van der Waals surface area (Å²) in [6, 6.07) is 14.8. The third kappa shape index (κ3) is 3.96. The van der Waals surface area contributed by atoms with Crippen LogP contribution in [-0.4, -0.2) is 37.0 Å². The van der Waals surface area contributed by atoms with E-state index in [-0.39, 0.29) is 18.3 Å². The zero-order chi connectivity index (χ0) is 13.8. The Labute approximate surface area is 131 Å². The smallest absolute Gasteiger partial charge is 0.222 e. The number of hydrogen-bond acceptors (Lipinski definition) is 2.